The molecule has 10 rings (SSSR count). The highest BCUT2D eigenvalue weighted by molar-refractivity contribution is 6.19. The van der Waals surface area contributed by atoms with E-state index in [1.54, 1.807) is 0 Å². The second kappa shape index (κ2) is 8.67. The van der Waals surface area contributed by atoms with Crippen LogP contribution in [0.4, 0.5) is 0 Å². The van der Waals surface area contributed by atoms with Gasteiger partial charge in [0.1, 0.15) is 11.2 Å². The maximum Gasteiger partial charge on any atom is 0.235 e. The van der Waals surface area contributed by atoms with Crippen LogP contribution < -0.4 is 0 Å². The molecule has 0 atom stereocenters. The molecule has 3 heterocycles. The lowest BCUT2D eigenvalue weighted by Crippen LogP contribution is -2.16. The second-order valence-electron chi connectivity index (χ2n) is 12.6. The van der Waals surface area contributed by atoms with Crippen molar-refractivity contribution in [2.75, 3.05) is 0 Å². The van der Waals surface area contributed by atoms with Crippen LogP contribution in [0.2, 0.25) is 0 Å². The molecule has 1 aliphatic rings. The van der Waals surface area contributed by atoms with Crippen LogP contribution in [-0.4, -0.2) is 14.5 Å². The first-order valence-corrected chi connectivity index (χ1v) is 15.4. The van der Waals surface area contributed by atoms with Crippen molar-refractivity contribution in [3.63, 3.8) is 0 Å². The normalized spacial score (nSPS) is 13.7. The topological polar surface area (TPSA) is 43.9 Å². The molecular formula is C41H27N3O. The molecule has 9 aromatic rings. The van der Waals surface area contributed by atoms with Crippen LogP contribution in [0.5, 0.6) is 0 Å². The van der Waals surface area contributed by atoms with Gasteiger partial charge in [0.25, 0.3) is 0 Å². The molecular weight excluding hydrogens is 550 g/mol. The first kappa shape index (κ1) is 24.7. The van der Waals surface area contributed by atoms with Crippen molar-refractivity contribution >= 4 is 54.5 Å². The van der Waals surface area contributed by atoms with Gasteiger partial charge in [-0.15, -0.1) is 0 Å². The molecule has 0 fully saturated rings. The zero-order valence-corrected chi connectivity index (χ0v) is 24.9. The summed E-state index contributed by atoms with van der Waals surface area (Å²) in [6.07, 6.45) is 2.04. The summed E-state index contributed by atoms with van der Waals surface area (Å²) < 4.78 is 8.69. The minimum Gasteiger partial charge on any atom is -0.455 e. The van der Waals surface area contributed by atoms with Crippen molar-refractivity contribution in [1.82, 2.24) is 14.5 Å². The number of aromatic nitrogens is 3. The minimum atomic E-state index is -0.148. The molecule has 0 aliphatic heterocycles. The van der Waals surface area contributed by atoms with Crippen LogP contribution in [0.1, 0.15) is 25.0 Å². The van der Waals surface area contributed by atoms with E-state index in [1.165, 1.54) is 32.8 Å². The Hall–Kier alpha value is -5.74. The number of para-hydroxylation sites is 2. The quantitative estimate of drug-likeness (QED) is 0.205. The van der Waals surface area contributed by atoms with E-state index in [-0.39, 0.29) is 5.41 Å². The smallest absolute Gasteiger partial charge is 0.235 e. The predicted molar refractivity (Wildman–Crippen MR) is 184 cm³/mol. The third-order valence-electron chi connectivity index (χ3n) is 9.87. The Morgan fingerprint density at radius 3 is 2.33 bits per heavy atom. The molecule has 4 heteroatoms. The molecule has 1 aliphatic carbocycles. The van der Waals surface area contributed by atoms with Gasteiger partial charge in [0.15, 0.2) is 0 Å². The lowest BCUT2D eigenvalue weighted by molar-refractivity contribution is 0.654. The summed E-state index contributed by atoms with van der Waals surface area (Å²) in [6.45, 7) is 4.53. The summed E-state index contributed by atoms with van der Waals surface area (Å²) >= 11 is 0. The second-order valence-corrected chi connectivity index (χ2v) is 12.6. The third kappa shape index (κ3) is 3.26. The van der Waals surface area contributed by atoms with Gasteiger partial charge in [-0.25, -0.2) is 9.97 Å². The highest BCUT2D eigenvalue weighted by Gasteiger charge is 2.37. The van der Waals surface area contributed by atoms with Gasteiger partial charge in [-0.3, -0.25) is 4.57 Å². The molecule has 45 heavy (non-hydrogen) atoms. The van der Waals surface area contributed by atoms with E-state index in [0.29, 0.717) is 5.95 Å². The highest BCUT2D eigenvalue weighted by Crippen LogP contribution is 2.48. The van der Waals surface area contributed by atoms with Crippen molar-refractivity contribution in [3.8, 4) is 28.3 Å². The maximum atomic E-state index is 6.43. The van der Waals surface area contributed by atoms with Gasteiger partial charge in [-0.1, -0.05) is 117 Å². The predicted octanol–water partition coefficient (Wildman–Crippen LogP) is 10.6. The van der Waals surface area contributed by atoms with Crippen LogP contribution in [0, 0.1) is 0 Å². The molecule has 0 amide bonds. The Bertz CT molecular complexity index is 2690. The van der Waals surface area contributed by atoms with E-state index >= 15 is 0 Å². The third-order valence-corrected chi connectivity index (χ3v) is 9.87. The molecule has 0 unspecified atom stereocenters. The minimum absolute atomic E-state index is 0.148. The largest absolute Gasteiger partial charge is 0.455 e. The van der Waals surface area contributed by atoms with E-state index < -0.39 is 0 Å². The van der Waals surface area contributed by atoms with Crippen molar-refractivity contribution < 1.29 is 4.42 Å². The van der Waals surface area contributed by atoms with Crippen LogP contribution >= 0.6 is 0 Å². The summed E-state index contributed by atoms with van der Waals surface area (Å²) in [5, 5.41) is 6.97. The van der Waals surface area contributed by atoms with Crippen molar-refractivity contribution in [2.45, 2.75) is 19.3 Å². The number of hydrogen-bond acceptors (Lipinski definition) is 3. The molecule has 0 saturated heterocycles. The van der Waals surface area contributed by atoms with E-state index in [4.69, 9.17) is 14.4 Å². The summed E-state index contributed by atoms with van der Waals surface area (Å²) in [5.41, 5.74) is 10.7. The molecule has 0 spiro atoms. The Labute approximate surface area is 259 Å². The van der Waals surface area contributed by atoms with Gasteiger partial charge >= 0.3 is 0 Å². The van der Waals surface area contributed by atoms with E-state index in [9.17, 15) is 0 Å². The number of fused-ring (bicyclic) bond motifs is 11. The lowest BCUT2D eigenvalue weighted by atomic mass is 9.83. The molecule has 212 valence electrons. The van der Waals surface area contributed by atoms with Gasteiger partial charge in [-0.05, 0) is 34.7 Å². The van der Waals surface area contributed by atoms with Crippen LogP contribution in [0.15, 0.2) is 132 Å². The Balaban J connectivity index is 1.27. The Kier molecular flexibility index (Phi) is 4.76. The van der Waals surface area contributed by atoms with Gasteiger partial charge in [0.2, 0.25) is 5.95 Å². The van der Waals surface area contributed by atoms with E-state index in [2.05, 4.69) is 128 Å². The van der Waals surface area contributed by atoms with Gasteiger partial charge in [-0.2, -0.15) is 0 Å². The molecule has 0 radical (unpaired) electrons. The maximum absolute atomic E-state index is 6.43. The number of rotatable bonds is 2. The zero-order chi connectivity index (χ0) is 29.9. The molecule has 0 N–H and O–H groups in total. The van der Waals surface area contributed by atoms with Crippen LogP contribution in [0.25, 0.3) is 82.8 Å². The summed E-state index contributed by atoms with van der Waals surface area (Å²) in [5.74, 6) is 0.685. The fourth-order valence-corrected chi connectivity index (χ4v) is 7.65. The Morgan fingerprint density at radius 2 is 1.40 bits per heavy atom. The summed E-state index contributed by atoms with van der Waals surface area (Å²) in [7, 11) is 0. The standard InChI is InChI=1S/C41H27N3O/c1-41(2)33-16-7-5-13-31(33)37-34(41)23-42-40(43-37)44-35-21-19-25(22-32(35)29-20-18-24-10-3-4-11-26(24)38(29)44)27-14-9-15-30-28-12-6-8-17-36(28)45-39(27)30/h3-23H,1-2H3. The molecule has 0 bridgehead atoms. The average molecular weight is 578 g/mol. The number of nitrogens with zero attached hydrogens (tertiary/aromatic N) is 3. The fraction of sp³-hybridized carbons (Fsp3) is 0.0732. The Morgan fingerprint density at radius 1 is 0.622 bits per heavy atom. The number of hydrogen-bond donors (Lipinski definition) is 0. The molecule has 6 aromatic carbocycles. The fourth-order valence-electron chi connectivity index (χ4n) is 7.65. The SMILES string of the molecule is CC1(C)c2ccccc2-c2nc(-n3c4ccc(-c5cccc6c5oc5ccccc56)cc4c4ccc5ccccc5c43)ncc21. The van der Waals surface area contributed by atoms with Crippen molar-refractivity contribution in [2.24, 2.45) is 0 Å². The number of furan rings is 1. The summed E-state index contributed by atoms with van der Waals surface area (Å²) in [4.78, 5) is 10.4. The average Bonchev–Trinajstić information content (AvgIpc) is 3.70. The van der Waals surface area contributed by atoms with E-state index in [0.717, 1.165) is 55.2 Å². The molecule has 3 aromatic heterocycles. The first-order chi connectivity index (χ1) is 22.1. The van der Waals surface area contributed by atoms with Gasteiger partial charge in [0, 0.05) is 55.2 Å². The highest BCUT2D eigenvalue weighted by atomic mass is 16.3. The van der Waals surface area contributed by atoms with Crippen LogP contribution in [-0.2, 0) is 5.41 Å². The van der Waals surface area contributed by atoms with Crippen molar-refractivity contribution in [3.05, 3.63) is 139 Å². The van der Waals surface area contributed by atoms with Crippen molar-refractivity contribution in [1.29, 1.82) is 0 Å². The first-order valence-electron chi connectivity index (χ1n) is 15.4. The summed E-state index contributed by atoms with van der Waals surface area (Å²) in [6, 6.07) is 43.1. The van der Waals surface area contributed by atoms with Crippen LogP contribution in [0.3, 0.4) is 0 Å². The van der Waals surface area contributed by atoms with Gasteiger partial charge in [0.05, 0.1) is 16.7 Å². The molecule has 0 saturated carbocycles. The molecule has 4 nitrogen and oxygen atoms in total. The monoisotopic (exact) mass is 577 g/mol. The van der Waals surface area contributed by atoms with Gasteiger partial charge < -0.3 is 4.42 Å². The zero-order valence-electron chi connectivity index (χ0n) is 24.9. The van der Waals surface area contributed by atoms with E-state index in [1.807, 2.05) is 18.3 Å². The lowest BCUT2D eigenvalue weighted by Gasteiger charge is -2.20. The number of benzene rings is 6.